The van der Waals surface area contributed by atoms with Gasteiger partial charge in [0, 0.05) is 12.1 Å². The number of ketones is 1. The third kappa shape index (κ3) is 2.97. The molecule has 0 atom stereocenters. The average Bonchev–Trinajstić information content (AvgIpc) is 2.81. The van der Waals surface area contributed by atoms with Crippen molar-refractivity contribution in [1.82, 2.24) is 10.1 Å². The van der Waals surface area contributed by atoms with Gasteiger partial charge in [-0.3, -0.25) is 14.9 Å². The highest BCUT2D eigenvalue weighted by atomic mass is 16.6. The molecule has 0 N–H and O–H groups in total. The van der Waals surface area contributed by atoms with Crippen molar-refractivity contribution >= 4 is 11.5 Å². The molecule has 1 aromatic carbocycles. The minimum Gasteiger partial charge on any atom is -0.483 e. The third-order valence-corrected chi connectivity index (χ3v) is 2.47. The van der Waals surface area contributed by atoms with Gasteiger partial charge in [0.05, 0.1) is 10.5 Å². The highest BCUT2D eigenvalue weighted by molar-refractivity contribution is 5.97. The molecule has 0 amide bonds. The molecule has 0 spiro atoms. The number of hydrogen-bond donors (Lipinski definition) is 0. The Morgan fingerprint density at radius 1 is 1.50 bits per heavy atom. The van der Waals surface area contributed by atoms with Crippen LogP contribution < -0.4 is 4.74 Å². The number of aromatic nitrogens is 2. The predicted octanol–water partition coefficient (Wildman–Crippen LogP) is 2.07. The van der Waals surface area contributed by atoms with Crippen molar-refractivity contribution in [2.75, 3.05) is 0 Å². The lowest BCUT2D eigenvalue weighted by molar-refractivity contribution is -0.384. The Hall–Kier alpha value is -2.77. The second kappa shape index (κ2) is 5.47. The Kier molecular flexibility index (Phi) is 3.74. The van der Waals surface area contributed by atoms with Gasteiger partial charge in [0.1, 0.15) is 5.75 Å². The van der Waals surface area contributed by atoms with Gasteiger partial charge in [-0.15, -0.1) is 0 Å². The van der Waals surface area contributed by atoms with E-state index in [4.69, 9.17) is 9.26 Å². The highest BCUT2D eigenvalue weighted by Crippen LogP contribution is 2.25. The van der Waals surface area contributed by atoms with Crippen molar-refractivity contribution < 1.29 is 19.0 Å². The second-order valence-corrected chi connectivity index (χ2v) is 4.02. The highest BCUT2D eigenvalue weighted by Gasteiger charge is 2.15. The molecule has 2 aromatic rings. The number of aryl methyl sites for hydroxylation is 1. The summed E-state index contributed by atoms with van der Waals surface area (Å²) in [5, 5.41) is 14.3. The molecule has 0 bridgehead atoms. The minimum atomic E-state index is -0.572. The standard InChI is InChI=1S/C12H11N3O5/c1-7(16)10-5-9(15(17)18)3-4-11(10)19-6-12-13-8(2)14-20-12/h3-5H,6H2,1-2H3. The molecule has 1 aromatic heterocycles. The number of nitrogens with zero attached hydrogens (tertiary/aromatic N) is 3. The van der Waals surface area contributed by atoms with E-state index in [1.807, 2.05) is 0 Å². The Morgan fingerprint density at radius 2 is 2.25 bits per heavy atom. The lowest BCUT2D eigenvalue weighted by Crippen LogP contribution is -2.03. The fourth-order valence-corrected chi connectivity index (χ4v) is 1.57. The summed E-state index contributed by atoms with van der Waals surface area (Å²) in [4.78, 5) is 25.6. The fourth-order valence-electron chi connectivity index (χ4n) is 1.57. The van der Waals surface area contributed by atoms with Crippen LogP contribution >= 0.6 is 0 Å². The molecule has 2 rings (SSSR count). The van der Waals surface area contributed by atoms with E-state index in [1.54, 1.807) is 6.92 Å². The second-order valence-electron chi connectivity index (χ2n) is 4.02. The minimum absolute atomic E-state index is 0.0149. The maximum absolute atomic E-state index is 11.5. The van der Waals surface area contributed by atoms with E-state index in [2.05, 4.69) is 10.1 Å². The van der Waals surface area contributed by atoms with Crippen LogP contribution in [0.15, 0.2) is 22.7 Å². The molecule has 0 unspecified atom stereocenters. The van der Waals surface area contributed by atoms with Gasteiger partial charge < -0.3 is 9.26 Å². The molecule has 0 aliphatic heterocycles. The average molecular weight is 277 g/mol. The predicted molar refractivity (Wildman–Crippen MR) is 66.5 cm³/mol. The number of hydrogen-bond acceptors (Lipinski definition) is 7. The molecule has 104 valence electrons. The first-order valence-corrected chi connectivity index (χ1v) is 5.68. The van der Waals surface area contributed by atoms with Crippen LogP contribution in [0.3, 0.4) is 0 Å². The zero-order chi connectivity index (χ0) is 14.7. The Labute approximate surface area is 113 Å². The van der Waals surface area contributed by atoms with Gasteiger partial charge in [0.15, 0.2) is 18.2 Å². The summed E-state index contributed by atoms with van der Waals surface area (Å²) >= 11 is 0. The summed E-state index contributed by atoms with van der Waals surface area (Å²) in [5.74, 6) is 0.638. The molecule has 0 saturated heterocycles. The molecule has 0 fully saturated rings. The molecule has 0 saturated carbocycles. The molecule has 1 heterocycles. The molecule has 8 heteroatoms. The molecule has 0 aliphatic rings. The molecule has 0 aliphatic carbocycles. The van der Waals surface area contributed by atoms with Crippen LogP contribution in [0.4, 0.5) is 5.69 Å². The maximum atomic E-state index is 11.5. The summed E-state index contributed by atoms with van der Waals surface area (Å²) in [6.45, 7) is 2.96. The number of benzene rings is 1. The van der Waals surface area contributed by atoms with Gasteiger partial charge in [0.25, 0.3) is 11.6 Å². The molecule has 8 nitrogen and oxygen atoms in total. The van der Waals surface area contributed by atoms with E-state index in [-0.39, 0.29) is 35.3 Å². The molecule has 0 radical (unpaired) electrons. The number of nitro benzene ring substituents is 1. The number of ether oxygens (including phenoxy) is 1. The van der Waals surface area contributed by atoms with Gasteiger partial charge in [-0.05, 0) is 19.9 Å². The van der Waals surface area contributed by atoms with Crippen LogP contribution in [0, 0.1) is 17.0 Å². The quantitative estimate of drug-likeness (QED) is 0.467. The summed E-state index contributed by atoms with van der Waals surface area (Å²) in [6.07, 6.45) is 0. The number of carbonyl (C=O) groups excluding carboxylic acids is 1. The van der Waals surface area contributed by atoms with Crippen molar-refractivity contribution in [3.05, 3.63) is 45.6 Å². The number of Topliss-reactive ketones (excluding diaryl/α,β-unsaturated/α-hetero) is 1. The first-order chi connectivity index (χ1) is 9.47. The normalized spacial score (nSPS) is 10.3. The van der Waals surface area contributed by atoms with Crippen LogP contribution in [0.5, 0.6) is 5.75 Å². The van der Waals surface area contributed by atoms with E-state index in [0.717, 1.165) is 0 Å². The number of rotatable bonds is 5. The Bertz CT molecular complexity index is 665. The van der Waals surface area contributed by atoms with Crippen LogP contribution in [0.1, 0.15) is 29.0 Å². The van der Waals surface area contributed by atoms with Gasteiger partial charge in [0.2, 0.25) is 0 Å². The van der Waals surface area contributed by atoms with Gasteiger partial charge >= 0.3 is 0 Å². The zero-order valence-corrected chi connectivity index (χ0v) is 10.8. The molecule has 20 heavy (non-hydrogen) atoms. The Balaban J connectivity index is 2.22. The smallest absolute Gasteiger partial charge is 0.270 e. The van der Waals surface area contributed by atoms with Gasteiger partial charge in [-0.1, -0.05) is 5.16 Å². The summed E-state index contributed by atoms with van der Waals surface area (Å²) in [5.41, 5.74) is -0.0355. The largest absolute Gasteiger partial charge is 0.483 e. The maximum Gasteiger partial charge on any atom is 0.270 e. The zero-order valence-electron chi connectivity index (χ0n) is 10.8. The first-order valence-electron chi connectivity index (χ1n) is 5.68. The lowest BCUT2D eigenvalue weighted by atomic mass is 10.1. The van der Waals surface area contributed by atoms with Gasteiger partial charge in [-0.2, -0.15) is 4.98 Å². The van der Waals surface area contributed by atoms with Crippen molar-refractivity contribution in [3.8, 4) is 5.75 Å². The van der Waals surface area contributed by atoms with Crippen molar-refractivity contribution in [2.45, 2.75) is 20.5 Å². The number of non-ortho nitro benzene ring substituents is 1. The van der Waals surface area contributed by atoms with Crippen molar-refractivity contribution in [2.24, 2.45) is 0 Å². The van der Waals surface area contributed by atoms with Gasteiger partial charge in [-0.25, -0.2) is 0 Å². The van der Waals surface area contributed by atoms with E-state index in [9.17, 15) is 14.9 Å². The molecular formula is C12H11N3O5. The fraction of sp³-hybridized carbons (Fsp3) is 0.250. The Morgan fingerprint density at radius 3 is 2.80 bits per heavy atom. The van der Waals surface area contributed by atoms with Crippen LogP contribution in [-0.2, 0) is 6.61 Å². The summed E-state index contributed by atoms with van der Waals surface area (Å²) < 4.78 is 10.3. The topological polar surface area (TPSA) is 108 Å². The van der Waals surface area contributed by atoms with Crippen molar-refractivity contribution in [1.29, 1.82) is 0 Å². The van der Waals surface area contributed by atoms with Crippen molar-refractivity contribution in [3.63, 3.8) is 0 Å². The van der Waals surface area contributed by atoms with Crippen LogP contribution in [0.2, 0.25) is 0 Å². The van der Waals surface area contributed by atoms with Crippen LogP contribution in [-0.4, -0.2) is 20.8 Å². The third-order valence-electron chi connectivity index (χ3n) is 2.47. The van der Waals surface area contributed by atoms with Crippen LogP contribution in [0.25, 0.3) is 0 Å². The monoisotopic (exact) mass is 277 g/mol. The van der Waals surface area contributed by atoms with E-state index in [1.165, 1.54) is 25.1 Å². The van der Waals surface area contributed by atoms with E-state index < -0.39 is 4.92 Å². The molecular weight excluding hydrogens is 266 g/mol. The summed E-state index contributed by atoms with van der Waals surface area (Å²) in [6, 6.07) is 3.82. The van der Waals surface area contributed by atoms with E-state index in [0.29, 0.717) is 5.82 Å². The number of nitro groups is 1. The summed E-state index contributed by atoms with van der Waals surface area (Å²) in [7, 11) is 0. The lowest BCUT2D eigenvalue weighted by Gasteiger charge is -2.07. The first kappa shape index (κ1) is 13.7. The van der Waals surface area contributed by atoms with E-state index >= 15 is 0 Å². The number of carbonyl (C=O) groups is 1. The SMILES string of the molecule is CC(=O)c1cc([N+](=O)[O-])ccc1OCc1nc(C)no1.